The monoisotopic (exact) mass is 168 g/mol. The molecule has 3 atom stereocenters. The summed E-state index contributed by atoms with van der Waals surface area (Å²) in [6, 6.07) is 0.346. The molecule has 0 aromatic rings. The van der Waals surface area contributed by atoms with Crippen LogP contribution in [0.15, 0.2) is 0 Å². The lowest BCUT2D eigenvalue weighted by atomic mass is 9.82. The molecule has 0 saturated carbocycles. The van der Waals surface area contributed by atoms with Crippen molar-refractivity contribution in [2.75, 3.05) is 6.54 Å². The highest BCUT2D eigenvalue weighted by molar-refractivity contribution is 5.83. The molecular formula is C9H16N2O. The van der Waals surface area contributed by atoms with Gasteiger partial charge in [0.05, 0.1) is 11.5 Å². The maximum atomic E-state index is 11.4. The average molecular weight is 168 g/mol. The summed E-state index contributed by atoms with van der Waals surface area (Å²) in [6.45, 7) is 5.20. The van der Waals surface area contributed by atoms with Crippen LogP contribution in [0.25, 0.3) is 0 Å². The third-order valence-corrected chi connectivity index (χ3v) is 3.25. The van der Waals surface area contributed by atoms with Gasteiger partial charge in [-0.3, -0.25) is 4.79 Å². The molecule has 3 heteroatoms. The minimum absolute atomic E-state index is 0.0226. The SMILES string of the molecule is CC1C(=O)NC2(C)CCCNC12. The highest BCUT2D eigenvalue weighted by Gasteiger charge is 2.48. The van der Waals surface area contributed by atoms with E-state index in [0.29, 0.717) is 6.04 Å². The van der Waals surface area contributed by atoms with Crippen LogP contribution in [0.2, 0.25) is 0 Å². The molecule has 2 heterocycles. The Morgan fingerprint density at radius 1 is 1.58 bits per heavy atom. The van der Waals surface area contributed by atoms with Crippen LogP contribution < -0.4 is 10.6 Å². The smallest absolute Gasteiger partial charge is 0.224 e. The van der Waals surface area contributed by atoms with Crippen LogP contribution in [0.5, 0.6) is 0 Å². The van der Waals surface area contributed by atoms with Gasteiger partial charge in [-0.25, -0.2) is 0 Å². The van der Waals surface area contributed by atoms with Crippen LogP contribution in [-0.4, -0.2) is 24.0 Å². The molecule has 0 bridgehead atoms. The van der Waals surface area contributed by atoms with E-state index in [-0.39, 0.29) is 17.4 Å². The molecule has 0 radical (unpaired) electrons. The molecule has 2 aliphatic heterocycles. The molecule has 2 aliphatic rings. The third kappa shape index (κ3) is 0.959. The number of nitrogens with one attached hydrogen (secondary N) is 2. The minimum Gasteiger partial charge on any atom is -0.349 e. The predicted octanol–water partition coefficient (Wildman–Crippen LogP) is 0.263. The fourth-order valence-corrected chi connectivity index (χ4v) is 2.51. The molecule has 1 amide bonds. The van der Waals surface area contributed by atoms with Crippen molar-refractivity contribution in [3.05, 3.63) is 0 Å². The number of fused-ring (bicyclic) bond motifs is 1. The van der Waals surface area contributed by atoms with Gasteiger partial charge in [0.2, 0.25) is 5.91 Å². The molecule has 0 aliphatic carbocycles. The van der Waals surface area contributed by atoms with Crippen molar-refractivity contribution in [1.29, 1.82) is 0 Å². The number of piperidine rings is 1. The lowest BCUT2D eigenvalue weighted by molar-refractivity contribution is -0.122. The van der Waals surface area contributed by atoms with Crippen molar-refractivity contribution in [2.24, 2.45) is 5.92 Å². The van der Waals surface area contributed by atoms with Gasteiger partial charge in [-0.2, -0.15) is 0 Å². The number of rotatable bonds is 0. The van der Waals surface area contributed by atoms with Gasteiger partial charge in [0, 0.05) is 6.04 Å². The summed E-state index contributed by atoms with van der Waals surface area (Å²) >= 11 is 0. The van der Waals surface area contributed by atoms with Crippen molar-refractivity contribution in [3.8, 4) is 0 Å². The van der Waals surface area contributed by atoms with E-state index in [1.807, 2.05) is 6.92 Å². The van der Waals surface area contributed by atoms with Gasteiger partial charge >= 0.3 is 0 Å². The Hall–Kier alpha value is -0.570. The molecule has 3 unspecified atom stereocenters. The van der Waals surface area contributed by atoms with Crippen molar-refractivity contribution < 1.29 is 4.79 Å². The summed E-state index contributed by atoms with van der Waals surface area (Å²) in [6.07, 6.45) is 2.28. The fraction of sp³-hybridized carbons (Fsp3) is 0.889. The molecule has 68 valence electrons. The normalized spacial score (nSPS) is 47.0. The predicted molar refractivity (Wildman–Crippen MR) is 46.7 cm³/mol. The molecule has 2 rings (SSSR count). The first-order chi connectivity index (χ1) is 5.63. The molecule has 2 N–H and O–H groups in total. The highest BCUT2D eigenvalue weighted by atomic mass is 16.2. The lowest BCUT2D eigenvalue weighted by Gasteiger charge is -2.37. The Labute approximate surface area is 72.9 Å². The van der Waals surface area contributed by atoms with Crippen LogP contribution in [0.4, 0.5) is 0 Å². The first-order valence-corrected chi connectivity index (χ1v) is 4.69. The number of hydrogen-bond donors (Lipinski definition) is 2. The van der Waals surface area contributed by atoms with E-state index in [9.17, 15) is 4.79 Å². The van der Waals surface area contributed by atoms with Gasteiger partial charge in [-0.1, -0.05) is 6.92 Å². The molecule has 0 aromatic heterocycles. The molecule has 0 spiro atoms. The third-order valence-electron chi connectivity index (χ3n) is 3.25. The summed E-state index contributed by atoms with van der Waals surface area (Å²) in [4.78, 5) is 11.4. The van der Waals surface area contributed by atoms with Crippen LogP contribution in [0.1, 0.15) is 26.7 Å². The van der Waals surface area contributed by atoms with Crippen LogP contribution in [-0.2, 0) is 4.79 Å². The number of carbonyl (C=O) groups is 1. The standard InChI is InChI=1S/C9H16N2O/c1-6-7-9(2,11-8(6)12)4-3-5-10-7/h6-7,10H,3-5H2,1-2H3,(H,11,12). The van der Waals surface area contributed by atoms with Gasteiger partial charge in [0.25, 0.3) is 0 Å². The van der Waals surface area contributed by atoms with Crippen LogP contribution >= 0.6 is 0 Å². The summed E-state index contributed by atoms with van der Waals surface area (Å²) in [5.74, 6) is 0.340. The second-order valence-corrected chi connectivity index (χ2v) is 4.23. The maximum absolute atomic E-state index is 11.4. The summed E-state index contributed by atoms with van der Waals surface area (Å²) in [5, 5.41) is 6.50. The van der Waals surface area contributed by atoms with E-state index in [1.165, 1.54) is 6.42 Å². The fourth-order valence-electron chi connectivity index (χ4n) is 2.51. The Kier molecular flexibility index (Phi) is 1.65. The lowest BCUT2D eigenvalue weighted by Crippen LogP contribution is -2.56. The summed E-state index contributed by atoms with van der Waals surface area (Å²) in [5.41, 5.74) is 0.0226. The first kappa shape index (κ1) is 8.05. The van der Waals surface area contributed by atoms with Gasteiger partial charge < -0.3 is 10.6 Å². The van der Waals surface area contributed by atoms with E-state index in [1.54, 1.807) is 0 Å². The maximum Gasteiger partial charge on any atom is 0.224 e. The highest BCUT2D eigenvalue weighted by Crippen LogP contribution is 2.31. The van der Waals surface area contributed by atoms with E-state index in [0.717, 1.165) is 13.0 Å². The van der Waals surface area contributed by atoms with Crippen LogP contribution in [0.3, 0.4) is 0 Å². The number of amides is 1. The quantitative estimate of drug-likeness (QED) is 0.545. The second-order valence-electron chi connectivity index (χ2n) is 4.23. The molecule has 2 saturated heterocycles. The van der Waals surface area contributed by atoms with Crippen molar-refractivity contribution >= 4 is 5.91 Å². The summed E-state index contributed by atoms with van der Waals surface area (Å²) in [7, 11) is 0. The van der Waals surface area contributed by atoms with Crippen LogP contribution in [0, 0.1) is 5.92 Å². The molecule has 3 nitrogen and oxygen atoms in total. The molecule has 0 aromatic carbocycles. The Bertz CT molecular complexity index is 217. The van der Waals surface area contributed by atoms with Gasteiger partial charge in [0.15, 0.2) is 0 Å². The number of hydrogen-bond acceptors (Lipinski definition) is 2. The molecular weight excluding hydrogens is 152 g/mol. The summed E-state index contributed by atoms with van der Waals surface area (Å²) < 4.78 is 0. The van der Waals surface area contributed by atoms with Crippen molar-refractivity contribution in [1.82, 2.24) is 10.6 Å². The topological polar surface area (TPSA) is 41.1 Å². The second kappa shape index (κ2) is 2.46. The Morgan fingerprint density at radius 3 is 3.00 bits per heavy atom. The largest absolute Gasteiger partial charge is 0.349 e. The Morgan fingerprint density at radius 2 is 2.33 bits per heavy atom. The zero-order chi connectivity index (χ0) is 8.77. The minimum atomic E-state index is 0.0226. The van der Waals surface area contributed by atoms with Crippen molar-refractivity contribution in [3.63, 3.8) is 0 Å². The van der Waals surface area contributed by atoms with E-state index in [4.69, 9.17) is 0 Å². The van der Waals surface area contributed by atoms with Crippen molar-refractivity contribution in [2.45, 2.75) is 38.3 Å². The Balaban J connectivity index is 2.24. The van der Waals surface area contributed by atoms with E-state index < -0.39 is 0 Å². The number of carbonyl (C=O) groups excluding carboxylic acids is 1. The van der Waals surface area contributed by atoms with E-state index in [2.05, 4.69) is 17.6 Å². The first-order valence-electron chi connectivity index (χ1n) is 4.69. The van der Waals surface area contributed by atoms with E-state index >= 15 is 0 Å². The van der Waals surface area contributed by atoms with Gasteiger partial charge in [-0.15, -0.1) is 0 Å². The molecule has 12 heavy (non-hydrogen) atoms. The zero-order valence-electron chi connectivity index (χ0n) is 7.68. The average Bonchev–Trinajstić information content (AvgIpc) is 2.24. The van der Waals surface area contributed by atoms with Gasteiger partial charge in [-0.05, 0) is 26.3 Å². The zero-order valence-corrected chi connectivity index (χ0v) is 7.68. The van der Waals surface area contributed by atoms with Gasteiger partial charge in [0.1, 0.15) is 0 Å². The molecule has 2 fully saturated rings.